The monoisotopic (exact) mass is 324 g/mol. The topological polar surface area (TPSA) is 63.4 Å². The number of hydrogen-bond donors (Lipinski definition) is 1. The van der Waals surface area contributed by atoms with Crippen LogP contribution < -0.4 is 5.73 Å². The summed E-state index contributed by atoms with van der Waals surface area (Å²) in [6.07, 6.45) is 2.12. The molecule has 0 aliphatic heterocycles. The van der Waals surface area contributed by atoms with E-state index in [9.17, 15) is 9.59 Å². The predicted molar refractivity (Wildman–Crippen MR) is 95.3 cm³/mol. The summed E-state index contributed by atoms with van der Waals surface area (Å²) in [6, 6.07) is 20.0. The van der Waals surface area contributed by atoms with Crippen molar-refractivity contribution in [2.75, 3.05) is 13.1 Å². The fourth-order valence-corrected chi connectivity index (χ4v) is 2.57. The summed E-state index contributed by atoms with van der Waals surface area (Å²) in [6.45, 7) is 0.987. The van der Waals surface area contributed by atoms with Crippen LogP contribution in [0, 0.1) is 0 Å². The van der Waals surface area contributed by atoms with E-state index in [1.807, 2.05) is 60.7 Å². The zero-order chi connectivity index (χ0) is 17.2. The first-order valence-electron chi connectivity index (χ1n) is 8.29. The first-order chi connectivity index (χ1) is 11.6. The smallest absolute Gasteiger partial charge is 0.222 e. The summed E-state index contributed by atoms with van der Waals surface area (Å²) in [7, 11) is 0. The number of aryl methyl sites for hydroxylation is 1. The Morgan fingerprint density at radius 1 is 0.750 bits per heavy atom. The Kier molecular flexibility index (Phi) is 7.02. The molecular weight excluding hydrogens is 300 g/mol. The van der Waals surface area contributed by atoms with Crippen LogP contribution in [0.1, 0.15) is 24.0 Å². The molecule has 0 unspecified atom stereocenters. The number of amides is 2. The van der Waals surface area contributed by atoms with Crippen molar-refractivity contribution in [3.63, 3.8) is 0 Å². The van der Waals surface area contributed by atoms with E-state index in [1.54, 1.807) is 4.90 Å². The Morgan fingerprint density at radius 2 is 1.29 bits per heavy atom. The van der Waals surface area contributed by atoms with Crippen molar-refractivity contribution in [1.29, 1.82) is 0 Å². The highest BCUT2D eigenvalue weighted by Crippen LogP contribution is 2.07. The molecule has 0 aromatic heterocycles. The molecule has 0 fully saturated rings. The van der Waals surface area contributed by atoms with Crippen molar-refractivity contribution < 1.29 is 9.59 Å². The molecule has 2 aromatic carbocycles. The number of nitrogens with zero attached hydrogens (tertiary/aromatic N) is 1. The van der Waals surface area contributed by atoms with Gasteiger partial charge < -0.3 is 10.6 Å². The summed E-state index contributed by atoms with van der Waals surface area (Å²) in [5, 5.41) is 0. The second-order valence-electron chi connectivity index (χ2n) is 5.82. The Hall–Kier alpha value is -2.62. The molecule has 0 heterocycles. The van der Waals surface area contributed by atoms with Crippen molar-refractivity contribution in [1.82, 2.24) is 4.90 Å². The van der Waals surface area contributed by atoms with Crippen LogP contribution >= 0.6 is 0 Å². The number of carbonyl (C=O) groups excluding carboxylic acids is 2. The quantitative estimate of drug-likeness (QED) is 0.770. The fourth-order valence-electron chi connectivity index (χ4n) is 2.57. The minimum absolute atomic E-state index is 0.0658. The zero-order valence-corrected chi connectivity index (χ0v) is 13.9. The largest absolute Gasteiger partial charge is 0.370 e. The van der Waals surface area contributed by atoms with Crippen LogP contribution in [0.15, 0.2) is 60.7 Å². The van der Waals surface area contributed by atoms with Gasteiger partial charge in [0.1, 0.15) is 0 Å². The van der Waals surface area contributed by atoms with Crippen LogP contribution in [-0.2, 0) is 22.4 Å². The Bertz CT molecular complexity index is 641. The van der Waals surface area contributed by atoms with Gasteiger partial charge in [-0.2, -0.15) is 0 Å². The molecule has 2 amide bonds. The van der Waals surface area contributed by atoms with Crippen LogP contribution in [-0.4, -0.2) is 29.8 Å². The maximum atomic E-state index is 12.5. The van der Waals surface area contributed by atoms with Crippen molar-refractivity contribution in [2.24, 2.45) is 5.73 Å². The molecule has 0 aliphatic rings. The lowest BCUT2D eigenvalue weighted by Crippen LogP contribution is -2.35. The molecule has 0 atom stereocenters. The number of rotatable bonds is 9. The molecule has 2 N–H and O–H groups in total. The van der Waals surface area contributed by atoms with Gasteiger partial charge in [0, 0.05) is 25.9 Å². The third kappa shape index (κ3) is 6.24. The lowest BCUT2D eigenvalue weighted by atomic mass is 10.1. The maximum absolute atomic E-state index is 12.5. The lowest BCUT2D eigenvalue weighted by Gasteiger charge is -2.22. The Balaban J connectivity index is 1.90. The number of benzene rings is 2. The van der Waals surface area contributed by atoms with Gasteiger partial charge in [-0.1, -0.05) is 60.7 Å². The van der Waals surface area contributed by atoms with Gasteiger partial charge in [0.05, 0.1) is 0 Å². The van der Waals surface area contributed by atoms with Gasteiger partial charge in [0.15, 0.2) is 0 Å². The van der Waals surface area contributed by atoms with Gasteiger partial charge in [0.2, 0.25) is 11.8 Å². The van der Waals surface area contributed by atoms with E-state index in [1.165, 1.54) is 5.56 Å². The highest BCUT2D eigenvalue weighted by molar-refractivity contribution is 5.78. The van der Waals surface area contributed by atoms with Crippen molar-refractivity contribution in [2.45, 2.75) is 25.7 Å². The summed E-state index contributed by atoms with van der Waals surface area (Å²) < 4.78 is 0. The SMILES string of the molecule is NC(=O)CCN(CCc1ccccc1)C(=O)CCc1ccccc1. The van der Waals surface area contributed by atoms with Gasteiger partial charge in [-0.15, -0.1) is 0 Å². The molecule has 0 aliphatic carbocycles. The van der Waals surface area contributed by atoms with E-state index in [0.717, 1.165) is 12.0 Å². The Morgan fingerprint density at radius 3 is 1.83 bits per heavy atom. The molecule has 2 aromatic rings. The third-order valence-electron chi connectivity index (χ3n) is 3.96. The number of hydrogen-bond acceptors (Lipinski definition) is 2. The third-order valence-corrected chi connectivity index (χ3v) is 3.96. The second-order valence-corrected chi connectivity index (χ2v) is 5.82. The maximum Gasteiger partial charge on any atom is 0.222 e. The molecule has 0 saturated heterocycles. The summed E-state index contributed by atoms with van der Waals surface area (Å²) >= 11 is 0. The summed E-state index contributed by atoms with van der Waals surface area (Å²) in [5.74, 6) is -0.313. The van der Waals surface area contributed by atoms with Gasteiger partial charge >= 0.3 is 0 Å². The average Bonchev–Trinajstić information content (AvgIpc) is 2.61. The van der Waals surface area contributed by atoms with E-state index in [0.29, 0.717) is 25.9 Å². The minimum atomic E-state index is -0.379. The predicted octanol–water partition coefficient (Wildman–Crippen LogP) is 2.57. The highest BCUT2D eigenvalue weighted by atomic mass is 16.2. The standard InChI is InChI=1S/C20H24N2O2/c21-19(23)14-16-22(15-13-18-9-5-2-6-10-18)20(24)12-11-17-7-3-1-4-8-17/h1-10H,11-16H2,(H2,21,23). The molecule has 0 spiro atoms. The average molecular weight is 324 g/mol. The molecule has 0 saturated carbocycles. The van der Waals surface area contributed by atoms with Crippen LogP contribution in [0.2, 0.25) is 0 Å². The zero-order valence-electron chi connectivity index (χ0n) is 13.9. The van der Waals surface area contributed by atoms with Gasteiger partial charge in [-0.3, -0.25) is 9.59 Å². The van der Waals surface area contributed by atoms with Crippen LogP contribution in [0.5, 0.6) is 0 Å². The minimum Gasteiger partial charge on any atom is -0.370 e. The normalized spacial score (nSPS) is 10.3. The fraction of sp³-hybridized carbons (Fsp3) is 0.300. The van der Waals surface area contributed by atoms with Crippen LogP contribution in [0.3, 0.4) is 0 Å². The first-order valence-corrected chi connectivity index (χ1v) is 8.29. The number of carbonyl (C=O) groups is 2. The molecule has 2 rings (SSSR count). The molecule has 4 heteroatoms. The van der Waals surface area contributed by atoms with E-state index < -0.39 is 0 Å². The molecule has 0 radical (unpaired) electrons. The number of nitrogens with two attached hydrogens (primary N) is 1. The van der Waals surface area contributed by atoms with Gasteiger partial charge in [-0.25, -0.2) is 0 Å². The molecular formula is C20H24N2O2. The number of primary amides is 1. The first kappa shape index (κ1) is 17.7. The van der Waals surface area contributed by atoms with E-state index >= 15 is 0 Å². The molecule has 0 bridgehead atoms. The van der Waals surface area contributed by atoms with Gasteiger partial charge in [0.25, 0.3) is 0 Å². The highest BCUT2D eigenvalue weighted by Gasteiger charge is 2.14. The summed E-state index contributed by atoms with van der Waals surface area (Å²) in [4.78, 5) is 25.3. The second kappa shape index (κ2) is 9.50. The summed E-state index contributed by atoms with van der Waals surface area (Å²) in [5.41, 5.74) is 7.56. The molecule has 4 nitrogen and oxygen atoms in total. The van der Waals surface area contributed by atoms with Crippen LogP contribution in [0.25, 0.3) is 0 Å². The van der Waals surface area contributed by atoms with Crippen molar-refractivity contribution in [3.05, 3.63) is 71.8 Å². The van der Waals surface area contributed by atoms with Gasteiger partial charge in [-0.05, 0) is 24.0 Å². The van der Waals surface area contributed by atoms with E-state index in [2.05, 4.69) is 0 Å². The van der Waals surface area contributed by atoms with E-state index in [4.69, 9.17) is 5.73 Å². The van der Waals surface area contributed by atoms with Crippen LogP contribution in [0.4, 0.5) is 0 Å². The lowest BCUT2D eigenvalue weighted by molar-refractivity contribution is -0.131. The molecule has 24 heavy (non-hydrogen) atoms. The molecule has 126 valence electrons. The van der Waals surface area contributed by atoms with Crippen molar-refractivity contribution >= 4 is 11.8 Å². The Labute approximate surface area is 143 Å². The van der Waals surface area contributed by atoms with Crippen molar-refractivity contribution in [3.8, 4) is 0 Å². The van der Waals surface area contributed by atoms with E-state index in [-0.39, 0.29) is 18.2 Å².